The number of hydrogen-bond donors (Lipinski definition) is 1. The van der Waals surface area contributed by atoms with E-state index >= 15 is 0 Å². The van der Waals surface area contributed by atoms with Crippen LogP contribution in [0.4, 0.5) is 0 Å². The Labute approximate surface area is 139 Å². The van der Waals surface area contributed by atoms with Crippen molar-refractivity contribution in [3.05, 3.63) is 72.1 Å². The predicted octanol–water partition coefficient (Wildman–Crippen LogP) is 3.52. The Morgan fingerprint density at radius 3 is 2.83 bits per heavy atom. The SMILES string of the molecule is C/N=C/c1[nH]nnc1-c1ccc2c(ccn2Cc2ccccc2)c1. The highest BCUT2D eigenvalue weighted by molar-refractivity contribution is 5.90. The highest BCUT2D eigenvalue weighted by atomic mass is 15.3. The molecule has 0 unspecified atom stereocenters. The van der Waals surface area contributed by atoms with Crippen molar-refractivity contribution in [3.63, 3.8) is 0 Å². The highest BCUT2D eigenvalue weighted by Crippen LogP contribution is 2.25. The number of hydrogen-bond acceptors (Lipinski definition) is 3. The molecule has 0 radical (unpaired) electrons. The van der Waals surface area contributed by atoms with Crippen molar-refractivity contribution < 1.29 is 0 Å². The molecule has 4 rings (SSSR count). The maximum atomic E-state index is 4.18. The molecule has 0 saturated carbocycles. The molecule has 0 atom stereocenters. The van der Waals surface area contributed by atoms with Crippen molar-refractivity contribution in [2.24, 2.45) is 4.99 Å². The molecule has 0 bridgehead atoms. The summed E-state index contributed by atoms with van der Waals surface area (Å²) in [5.74, 6) is 0. The zero-order valence-corrected chi connectivity index (χ0v) is 13.3. The van der Waals surface area contributed by atoms with E-state index in [2.05, 4.69) is 79.7 Å². The first-order chi connectivity index (χ1) is 11.8. The van der Waals surface area contributed by atoms with Gasteiger partial charge in [0.15, 0.2) is 0 Å². The van der Waals surface area contributed by atoms with Crippen LogP contribution in [0.1, 0.15) is 11.3 Å². The van der Waals surface area contributed by atoms with Crippen LogP contribution in [0.3, 0.4) is 0 Å². The molecule has 5 heteroatoms. The number of nitrogens with zero attached hydrogens (tertiary/aromatic N) is 4. The van der Waals surface area contributed by atoms with E-state index in [1.807, 2.05) is 6.07 Å². The van der Waals surface area contributed by atoms with Gasteiger partial charge in [0.25, 0.3) is 0 Å². The molecule has 118 valence electrons. The third kappa shape index (κ3) is 2.60. The van der Waals surface area contributed by atoms with Gasteiger partial charge in [-0.2, -0.15) is 0 Å². The zero-order valence-electron chi connectivity index (χ0n) is 13.3. The second-order valence-corrected chi connectivity index (χ2v) is 5.66. The predicted molar refractivity (Wildman–Crippen MR) is 96.4 cm³/mol. The van der Waals surface area contributed by atoms with Gasteiger partial charge in [-0.15, -0.1) is 5.10 Å². The summed E-state index contributed by atoms with van der Waals surface area (Å²) in [6.07, 6.45) is 3.86. The highest BCUT2D eigenvalue weighted by Gasteiger charge is 2.10. The van der Waals surface area contributed by atoms with E-state index in [-0.39, 0.29) is 0 Å². The first-order valence-electron chi connectivity index (χ1n) is 7.81. The molecule has 2 aromatic heterocycles. The summed E-state index contributed by atoms with van der Waals surface area (Å²) in [4.78, 5) is 4.04. The van der Waals surface area contributed by atoms with Gasteiger partial charge < -0.3 is 4.57 Å². The Balaban J connectivity index is 1.71. The van der Waals surface area contributed by atoms with E-state index in [1.54, 1.807) is 13.3 Å². The molecule has 0 saturated heterocycles. The van der Waals surface area contributed by atoms with Gasteiger partial charge in [0, 0.05) is 42.5 Å². The molecule has 0 aliphatic rings. The third-order valence-corrected chi connectivity index (χ3v) is 4.07. The summed E-state index contributed by atoms with van der Waals surface area (Å²) >= 11 is 0. The first kappa shape index (κ1) is 14.4. The van der Waals surface area contributed by atoms with Crippen LogP contribution >= 0.6 is 0 Å². The van der Waals surface area contributed by atoms with E-state index in [1.165, 1.54) is 16.5 Å². The number of rotatable bonds is 4. The molecule has 5 nitrogen and oxygen atoms in total. The smallest absolute Gasteiger partial charge is 0.121 e. The van der Waals surface area contributed by atoms with Crippen LogP contribution in [0.25, 0.3) is 22.2 Å². The molecule has 0 spiro atoms. The number of aliphatic imine (C=N–C) groups is 1. The van der Waals surface area contributed by atoms with Crippen molar-refractivity contribution in [3.8, 4) is 11.3 Å². The minimum Gasteiger partial charge on any atom is -0.343 e. The maximum absolute atomic E-state index is 4.18. The second-order valence-electron chi connectivity index (χ2n) is 5.66. The van der Waals surface area contributed by atoms with Gasteiger partial charge in [-0.25, -0.2) is 0 Å². The van der Waals surface area contributed by atoms with E-state index in [0.717, 1.165) is 23.5 Å². The number of fused-ring (bicyclic) bond motifs is 1. The van der Waals surface area contributed by atoms with Crippen LogP contribution in [0, 0.1) is 0 Å². The Morgan fingerprint density at radius 1 is 1.12 bits per heavy atom. The lowest BCUT2D eigenvalue weighted by Crippen LogP contribution is -1.97. The fourth-order valence-corrected chi connectivity index (χ4v) is 2.93. The number of benzene rings is 2. The lowest BCUT2D eigenvalue weighted by Gasteiger charge is -2.06. The molecule has 0 aliphatic heterocycles. The van der Waals surface area contributed by atoms with E-state index in [9.17, 15) is 0 Å². The fraction of sp³-hybridized carbons (Fsp3) is 0.105. The molecule has 2 heterocycles. The van der Waals surface area contributed by atoms with Crippen molar-refractivity contribution in [2.75, 3.05) is 7.05 Å². The van der Waals surface area contributed by atoms with Crippen LogP contribution < -0.4 is 0 Å². The largest absolute Gasteiger partial charge is 0.343 e. The van der Waals surface area contributed by atoms with Gasteiger partial charge in [-0.3, -0.25) is 10.1 Å². The Bertz CT molecular complexity index is 995. The van der Waals surface area contributed by atoms with E-state index in [0.29, 0.717) is 0 Å². The van der Waals surface area contributed by atoms with Crippen molar-refractivity contribution in [2.45, 2.75) is 6.54 Å². The fourth-order valence-electron chi connectivity index (χ4n) is 2.93. The lowest BCUT2D eigenvalue weighted by atomic mass is 10.1. The number of nitrogens with one attached hydrogen (secondary N) is 1. The van der Waals surface area contributed by atoms with Gasteiger partial charge in [0.1, 0.15) is 11.4 Å². The number of aromatic nitrogens is 4. The van der Waals surface area contributed by atoms with E-state index < -0.39 is 0 Å². The summed E-state index contributed by atoms with van der Waals surface area (Å²) in [6.45, 7) is 0.862. The minimum atomic E-state index is 0.818. The first-order valence-corrected chi connectivity index (χ1v) is 7.81. The molecule has 0 amide bonds. The Hall–Kier alpha value is -3.21. The molecule has 4 aromatic rings. The molecular formula is C19H17N5. The van der Waals surface area contributed by atoms with Gasteiger partial charge in [-0.05, 0) is 23.8 Å². The van der Waals surface area contributed by atoms with Crippen molar-refractivity contribution in [1.82, 2.24) is 20.0 Å². The lowest BCUT2D eigenvalue weighted by molar-refractivity contribution is 0.837. The summed E-state index contributed by atoms with van der Waals surface area (Å²) in [6, 6.07) is 19.0. The number of H-pyrrole nitrogens is 1. The minimum absolute atomic E-state index is 0.818. The molecular weight excluding hydrogens is 298 g/mol. The summed E-state index contributed by atoms with van der Waals surface area (Å²) < 4.78 is 2.26. The zero-order chi connectivity index (χ0) is 16.4. The molecule has 2 aromatic carbocycles. The molecule has 0 aliphatic carbocycles. The van der Waals surface area contributed by atoms with Gasteiger partial charge in [0.05, 0.1) is 0 Å². The average molecular weight is 315 g/mol. The summed E-state index contributed by atoms with van der Waals surface area (Å²) in [5, 5.41) is 12.1. The topological polar surface area (TPSA) is 58.9 Å². The van der Waals surface area contributed by atoms with Gasteiger partial charge in [-0.1, -0.05) is 41.6 Å². The summed E-state index contributed by atoms with van der Waals surface area (Å²) in [7, 11) is 1.73. The average Bonchev–Trinajstić information content (AvgIpc) is 3.23. The maximum Gasteiger partial charge on any atom is 0.121 e. The molecule has 24 heavy (non-hydrogen) atoms. The van der Waals surface area contributed by atoms with Crippen LogP contribution in [0.2, 0.25) is 0 Å². The monoisotopic (exact) mass is 315 g/mol. The molecule has 1 N–H and O–H groups in total. The van der Waals surface area contributed by atoms with Gasteiger partial charge in [0.2, 0.25) is 0 Å². The molecule has 0 fully saturated rings. The van der Waals surface area contributed by atoms with E-state index in [4.69, 9.17) is 0 Å². The van der Waals surface area contributed by atoms with Gasteiger partial charge >= 0.3 is 0 Å². The van der Waals surface area contributed by atoms with Crippen LogP contribution in [-0.4, -0.2) is 33.2 Å². The summed E-state index contributed by atoms with van der Waals surface area (Å²) in [5.41, 5.74) is 5.16. The standard InChI is InChI=1S/C19H17N5/c1-20-12-17-19(22-23-21-17)16-7-8-18-15(11-16)9-10-24(18)13-14-5-3-2-4-6-14/h2-12H,13H2,1H3,(H,21,22,23)/b20-12+. The normalized spacial score (nSPS) is 11.5. The quantitative estimate of drug-likeness (QED) is 0.586. The van der Waals surface area contributed by atoms with Crippen LogP contribution in [0.5, 0.6) is 0 Å². The van der Waals surface area contributed by atoms with Crippen molar-refractivity contribution in [1.29, 1.82) is 0 Å². The van der Waals surface area contributed by atoms with Crippen molar-refractivity contribution >= 4 is 17.1 Å². The number of aromatic amines is 1. The van der Waals surface area contributed by atoms with Crippen LogP contribution in [0.15, 0.2) is 65.8 Å². The third-order valence-electron chi connectivity index (χ3n) is 4.07. The Morgan fingerprint density at radius 2 is 2.00 bits per heavy atom. The second kappa shape index (κ2) is 6.12. The Kier molecular flexibility index (Phi) is 3.67. The van der Waals surface area contributed by atoms with Crippen LogP contribution in [-0.2, 0) is 6.54 Å².